The van der Waals surface area contributed by atoms with Crippen LogP contribution in [-0.2, 0) is 9.59 Å². The molecule has 6 nitrogen and oxygen atoms in total. The lowest BCUT2D eigenvalue weighted by Gasteiger charge is -2.28. The summed E-state index contributed by atoms with van der Waals surface area (Å²) in [6.45, 7) is 4.78. The minimum Gasteiger partial charge on any atom is -0.346 e. The van der Waals surface area contributed by atoms with Crippen LogP contribution in [0, 0.1) is 5.92 Å². The van der Waals surface area contributed by atoms with Crippen LogP contribution in [0.2, 0.25) is 0 Å². The number of halogens is 2. The van der Waals surface area contributed by atoms with Gasteiger partial charge in [0.1, 0.15) is 0 Å². The van der Waals surface area contributed by atoms with E-state index in [0.29, 0.717) is 0 Å². The first-order valence-electron chi connectivity index (χ1n) is 8.66. The number of rotatable bonds is 5. The lowest BCUT2D eigenvalue weighted by atomic mass is 9.89. The highest BCUT2D eigenvalue weighted by molar-refractivity contribution is 5.86. The molecule has 0 bridgehead atoms. The Hall–Kier alpha value is -0.560. The summed E-state index contributed by atoms with van der Waals surface area (Å²) in [6, 6.07) is 0. The predicted molar refractivity (Wildman–Crippen MR) is 101 cm³/mol. The molecule has 0 aromatic carbocycles. The summed E-state index contributed by atoms with van der Waals surface area (Å²) < 4.78 is 0. The lowest BCUT2D eigenvalue weighted by molar-refractivity contribution is -0.132. The van der Waals surface area contributed by atoms with Crippen molar-refractivity contribution in [2.24, 2.45) is 11.7 Å². The minimum absolute atomic E-state index is 0. The summed E-state index contributed by atoms with van der Waals surface area (Å²) in [7, 11) is 0. The molecule has 0 aromatic rings. The fraction of sp³-hybridized carbons (Fsp3) is 0.875. The molecule has 1 saturated carbocycles. The molecule has 2 aliphatic rings. The lowest BCUT2D eigenvalue weighted by Crippen LogP contribution is -2.43. The molecule has 0 atom stereocenters. The molecule has 8 heteroatoms. The topological polar surface area (TPSA) is 78.7 Å². The van der Waals surface area contributed by atoms with Gasteiger partial charge in [-0.1, -0.05) is 19.3 Å². The van der Waals surface area contributed by atoms with Gasteiger partial charge in [0.05, 0.1) is 13.1 Å². The van der Waals surface area contributed by atoms with Gasteiger partial charge in [-0.15, -0.1) is 24.8 Å². The first-order valence-corrected chi connectivity index (χ1v) is 8.66. The number of carbonyl (C=O) groups excluding carboxylic acids is 2. The minimum atomic E-state index is -0.276. The van der Waals surface area contributed by atoms with Gasteiger partial charge >= 0.3 is 0 Å². The summed E-state index contributed by atoms with van der Waals surface area (Å²) in [6.07, 6.45) is 7.90. The van der Waals surface area contributed by atoms with E-state index >= 15 is 0 Å². The molecule has 3 N–H and O–H groups in total. The highest BCUT2D eigenvalue weighted by Gasteiger charge is 2.22. The van der Waals surface area contributed by atoms with Gasteiger partial charge in [0, 0.05) is 26.2 Å². The van der Waals surface area contributed by atoms with Crippen molar-refractivity contribution in [3.63, 3.8) is 0 Å². The Morgan fingerprint density at radius 1 is 0.958 bits per heavy atom. The molecular formula is C16H32Cl2N4O2. The molecular weight excluding hydrogens is 351 g/mol. The second-order valence-electron chi connectivity index (χ2n) is 6.52. The fourth-order valence-electron chi connectivity index (χ4n) is 3.50. The van der Waals surface area contributed by atoms with E-state index in [9.17, 15) is 9.59 Å². The number of hydrogen-bond acceptors (Lipinski definition) is 4. The van der Waals surface area contributed by atoms with Crippen molar-refractivity contribution in [1.29, 1.82) is 0 Å². The zero-order valence-corrected chi connectivity index (χ0v) is 16.0. The second-order valence-corrected chi connectivity index (χ2v) is 6.52. The highest BCUT2D eigenvalue weighted by atomic mass is 35.5. The van der Waals surface area contributed by atoms with E-state index in [1.54, 1.807) is 0 Å². The van der Waals surface area contributed by atoms with Crippen molar-refractivity contribution in [3.05, 3.63) is 0 Å². The van der Waals surface area contributed by atoms with E-state index in [0.717, 1.165) is 38.5 Å². The maximum atomic E-state index is 12.1. The van der Waals surface area contributed by atoms with Gasteiger partial charge in [-0.3, -0.25) is 9.59 Å². The molecule has 1 heterocycles. The molecule has 24 heavy (non-hydrogen) atoms. The van der Waals surface area contributed by atoms with Crippen LogP contribution in [0.1, 0.15) is 38.5 Å². The van der Waals surface area contributed by atoms with Crippen LogP contribution in [0.5, 0.6) is 0 Å². The fourth-order valence-corrected chi connectivity index (χ4v) is 3.50. The van der Waals surface area contributed by atoms with E-state index in [-0.39, 0.29) is 49.7 Å². The summed E-state index contributed by atoms with van der Waals surface area (Å²) in [4.78, 5) is 27.6. The number of carbonyl (C=O) groups is 2. The third-order valence-corrected chi connectivity index (χ3v) is 4.80. The molecule has 2 fully saturated rings. The Kier molecular flexibility index (Phi) is 12.5. The third kappa shape index (κ3) is 8.01. The first-order chi connectivity index (χ1) is 10.7. The average molecular weight is 383 g/mol. The van der Waals surface area contributed by atoms with Crippen molar-refractivity contribution < 1.29 is 9.59 Å². The molecule has 2 amide bonds. The van der Waals surface area contributed by atoms with Gasteiger partial charge in [-0.25, -0.2) is 0 Å². The Morgan fingerprint density at radius 3 is 2.33 bits per heavy atom. The van der Waals surface area contributed by atoms with Crippen molar-refractivity contribution in [1.82, 2.24) is 15.1 Å². The molecule has 1 aliphatic heterocycles. The van der Waals surface area contributed by atoms with Crippen LogP contribution in [0.3, 0.4) is 0 Å². The van der Waals surface area contributed by atoms with Crippen LogP contribution in [0.4, 0.5) is 0 Å². The number of nitrogens with two attached hydrogens (primary N) is 1. The number of hydrogen-bond donors (Lipinski definition) is 2. The summed E-state index contributed by atoms with van der Waals surface area (Å²) in [5.41, 5.74) is 5.23. The van der Waals surface area contributed by atoms with E-state index in [2.05, 4.69) is 10.2 Å². The van der Waals surface area contributed by atoms with Crippen molar-refractivity contribution in [3.8, 4) is 0 Å². The van der Waals surface area contributed by atoms with E-state index in [4.69, 9.17) is 5.73 Å². The predicted octanol–water partition coefficient (Wildman–Crippen LogP) is 1.02. The Bertz CT molecular complexity index is 379. The molecule has 0 aromatic heterocycles. The van der Waals surface area contributed by atoms with Crippen LogP contribution < -0.4 is 11.1 Å². The molecule has 2 rings (SSSR count). The monoisotopic (exact) mass is 382 g/mol. The summed E-state index contributed by atoms with van der Waals surface area (Å²) >= 11 is 0. The normalized spacial score (nSPS) is 19.6. The third-order valence-electron chi connectivity index (χ3n) is 4.80. The molecule has 1 saturated heterocycles. The largest absolute Gasteiger partial charge is 0.346 e. The van der Waals surface area contributed by atoms with E-state index in [1.165, 1.54) is 38.6 Å². The smallest absolute Gasteiger partial charge is 0.242 e. The van der Waals surface area contributed by atoms with Gasteiger partial charge in [-0.2, -0.15) is 0 Å². The SMILES string of the molecule is Cl.Cl.NCC(=O)NCC(=O)N1CCCN(CC2CCCCC2)CC1. The van der Waals surface area contributed by atoms with Gasteiger partial charge in [0.25, 0.3) is 0 Å². The van der Waals surface area contributed by atoms with Gasteiger partial charge in [0.15, 0.2) is 0 Å². The summed E-state index contributed by atoms with van der Waals surface area (Å²) in [5, 5.41) is 2.56. The van der Waals surface area contributed by atoms with Gasteiger partial charge in [-0.05, 0) is 31.7 Å². The Labute approximate surface area is 157 Å². The van der Waals surface area contributed by atoms with Crippen molar-refractivity contribution in [2.45, 2.75) is 38.5 Å². The Balaban J connectivity index is 0.00000264. The van der Waals surface area contributed by atoms with Crippen LogP contribution >= 0.6 is 24.8 Å². The quantitative estimate of drug-likeness (QED) is 0.743. The zero-order valence-electron chi connectivity index (χ0n) is 14.4. The number of nitrogens with one attached hydrogen (secondary N) is 1. The molecule has 0 spiro atoms. The maximum absolute atomic E-state index is 12.1. The molecule has 1 aliphatic carbocycles. The highest BCUT2D eigenvalue weighted by Crippen LogP contribution is 2.24. The second kappa shape index (κ2) is 12.8. The van der Waals surface area contributed by atoms with Crippen molar-refractivity contribution >= 4 is 36.6 Å². The summed E-state index contributed by atoms with van der Waals surface area (Å²) in [5.74, 6) is 0.572. The standard InChI is InChI=1S/C16H30N4O2.2ClH/c17-11-15(21)18-12-16(22)20-8-4-7-19(9-10-20)13-14-5-2-1-3-6-14;;/h14H,1-13,17H2,(H,18,21);2*1H. The Morgan fingerprint density at radius 2 is 1.67 bits per heavy atom. The first kappa shape index (κ1) is 23.4. The van der Waals surface area contributed by atoms with E-state index < -0.39 is 0 Å². The molecule has 0 unspecified atom stereocenters. The van der Waals surface area contributed by atoms with Crippen molar-refractivity contribution in [2.75, 3.05) is 45.8 Å². The van der Waals surface area contributed by atoms with Crippen LogP contribution in [0.25, 0.3) is 0 Å². The van der Waals surface area contributed by atoms with Crippen LogP contribution in [-0.4, -0.2) is 67.4 Å². The van der Waals surface area contributed by atoms with E-state index in [1.807, 2.05) is 4.90 Å². The molecule has 142 valence electrons. The van der Waals surface area contributed by atoms with Crippen LogP contribution in [0.15, 0.2) is 0 Å². The molecule has 0 radical (unpaired) electrons. The zero-order chi connectivity index (χ0) is 15.8. The van der Waals surface area contributed by atoms with Gasteiger partial charge < -0.3 is 20.9 Å². The average Bonchev–Trinajstić information content (AvgIpc) is 2.79. The number of nitrogens with zero attached hydrogens (tertiary/aromatic N) is 2. The van der Waals surface area contributed by atoms with Gasteiger partial charge in [0.2, 0.25) is 11.8 Å². The maximum Gasteiger partial charge on any atom is 0.242 e. The number of amides is 2.